The molecule has 110 valence electrons. The lowest BCUT2D eigenvalue weighted by molar-refractivity contribution is 0.841. The average Bonchev–Trinajstić information content (AvgIpc) is 3.11. The molecule has 0 amide bonds. The van der Waals surface area contributed by atoms with E-state index in [0.717, 1.165) is 17.3 Å². The highest BCUT2D eigenvalue weighted by Gasteiger charge is 2.25. The molecule has 2 aromatic rings. The molecule has 0 unspecified atom stereocenters. The van der Waals surface area contributed by atoms with E-state index in [9.17, 15) is 0 Å². The standard InChI is InChI=1S/C15H18N4S2/c1-10-2-3-14-18(9-16)17-12-8-13(21-15(12)19(10)14)11-4-6-20-7-5-11/h2-4,8,17H,5-7,9,16H2,1H3. The van der Waals surface area contributed by atoms with Gasteiger partial charge in [0.2, 0.25) is 0 Å². The van der Waals surface area contributed by atoms with Crippen molar-refractivity contribution in [2.45, 2.75) is 13.3 Å². The van der Waals surface area contributed by atoms with Crippen molar-refractivity contribution in [1.82, 2.24) is 4.57 Å². The van der Waals surface area contributed by atoms with Crippen LogP contribution < -0.4 is 16.2 Å². The van der Waals surface area contributed by atoms with E-state index in [2.05, 4.69) is 41.2 Å². The van der Waals surface area contributed by atoms with Crippen LogP contribution in [0.1, 0.15) is 17.0 Å². The molecule has 0 fully saturated rings. The molecule has 0 radical (unpaired) electrons. The molecule has 2 aliphatic rings. The Labute approximate surface area is 132 Å². The molecule has 2 aliphatic heterocycles. The highest BCUT2D eigenvalue weighted by atomic mass is 32.2. The number of fused-ring (bicyclic) bond motifs is 3. The summed E-state index contributed by atoms with van der Waals surface area (Å²) in [5.41, 5.74) is 13.2. The Morgan fingerprint density at radius 3 is 3.05 bits per heavy atom. The number of nitrogens with one attached hydrogen (secondary N) is 1. The molecule has 3 N–H and O–H groups in total. The number of allylic oxidation sites excluding steroid dienone is 1. The number of aromatic nitrogens is 1. The maximum absolute atomic E-state index is 5.87. The lowest BCUT2D eigenvalue weighted by Gasteiger charge is -2.30. The first kappa shape index (κ1) is 13.3. The van der Waals surface area contributed by atoms with Gasteiger partial charge in [-0.2, -0.15) is 11.8 Å². The first-order valence-corrected chi connectivity index (χ1v) is 9.09. The van der Waals surface area contributed by atoms with Gasteiger partial charge in [0.15, 0.2) is 0 Å². The fourth-order valence-corrected chi connectivity index (χ4v) is 4.97. The summed E-state index contributed by atoms with van der Waals surface area (Å²) in [7, 11) is 0. The van der Waals surface area contributed by atoms with Crippen molar-refractivity contribution < 1.29 is 0 Å². The normalized spacial score (nSPS) is 17.0. The molecule has 2 aromatic heterocycles. The number of thiophene rings is 1. The van der Waals surface area contributed by atoms with Crippen LogP contribution in [0.15, 0.2) is 24.3 Å². The Morgan fingerprint density at radius 1 is 1.38 bits per heavy atom. The minimum absolute atomic E-state index is 0.452. The third-order valence-electron chi connectivity index (χ3n) is 3.97. The quantitative estimate of drug-likeness (QED) is 0.890. The fraction of sp³-hybridized carbons (Fsp3) is 0.333. The number of nitrogens with zero attached hydrogens (tertiary/aromatic N) is 2. The zero-order chi connectivity index (χ0) is 14.4. The van der Waals surface area contributed by atoms with Gasteiger partial charge in [-0.15, -0.1) is 11.3 Å². The van der Waals surface area contributed by atoms with Crippen LogP contribution in [0.3, 0.4) is 0 Å². The fourth-order valence-electron chi connectivity index (χ4n) is 2.88. The number of nitrogens with two attached hydrogens (primary N) is 1. The van der Waals surface area contributed by atoms with E-state index in [4.69, 9.17) is 5.73 Å². The molecular weight excluding hydrogens is 300 g/mol. The van der Waals surface area contributed by atoms with Crippen molar-refractivity contribution in [2.24, 2.45) is 5.73 Å². The van der Waals surface area contributed by atoms with Crippen LogP contribution in [0.2, 0.25) is 0 Å². The second-order valence-corrected chi connectivity index (χ2v) is 7.45. The number of aryl methyl sites for hydroxylation is 1. The van der Waals surface area contributed by atoms with Crippen molar-refractivity contribution in [2.75, 3.05) is 28.6 Å². The summed E-state index contributed by atoms with van der Waals surface area (Å²) in [5.74, 6) is 3.47. The van der Waals surface area contributed by atoms with E-state index in [1.54, 1.807) is 0 Å². The largest absolute Gasteiger partial charge is 0.312 e. The summed E-state index contributed by atoms with van der Waals surface area (Å²) in [6.45, 7) is 2.59. The summed E-state index contributed by atoms with van der Waals surface area (Å²) < 4.78 is 2.30. The Hall–Kier alpha value is -1.37. The van der Waals surface area contributed by atoms with Crippen molar-refractivity contribution >= 4 is 40.2 Å². The van der Waals surface area contributed by atoms with E-state index >= 15 is 0 Å². The van der Waals surface area contributed by atoms with Gasteiger partial charge in [-0.3, -0.25) is 15.0 Å². The number of rotatable bonds is 2. The zero-order valence-corrected chi connectivity index (χ0v) is 13.6. The third-order valence-corrected chi connectivity index (χ3v) is 6.06. The van der Waals surface area contributed by atoms with Gasteiger partial charge in [0, 0.05) is 16.3 Å². The van der Waals surface area contributed by atoms with Gasteiger partial charge >= 0.3 is 0 Å². The lowest BCUT2D eigenvalue weighted by atomic mass is 10.1. The van der Waals surface area contributed by atoms with Gasteiger partial charge in [0.25, 0.3) is 0 Å². The number of anilines is 2. The van der Waals surface area contributed by atoms with Gasteiger partial charge in [-0.1, -0.05) is 6.08 Å². The van der Waals surface area contributed by atoms with Crippen LogP contribution in [-0.2, 0) is 0 Å². The van der Waals surface area contributed by atoms with E-state index in [-0.39, 0.29) is 0 Å². The molecule has 4 rings (SSSR count). The molecule has 4 heterocycles. The SMILES string of the molecule is Cc1ccc2n1-c1sc(C3=CCSCC3)cc1NN2CN. The van der Waals surface area contributed by atoms with Gasteiger partial charge in [0.1, 0.15) is 10.8 Å². The number of hydrazine groups is 1. The van der Waals surface area contributed by atoms with Crippen molar-refractivity contribution in [3.8, 4) is 5.00 Å². The summed E-state index contributed by atoms with van der Waals surface area (Å²) in [6, 6.07) is 6.53. The highest BCUT2D eigenvalue weighted by Crippen LogP contribution is 2.43. The first-order chi connectivity index (χ1) is 10.3. The predicted molar refractivity (Wildman–Crippen MR) is 93.5 cm³/mol. The Bertz CT molecular complexity index is 713. The molecule has 0 bridgehead atoms. The molecule has 0 saturated heterocycles. The van der Waals surface area contributed by atoms with Crippen LogP contribution in [-0.4, -0.2) is 22.7 Å². The van der Waals surface area contributed by atoms with Crippen molar-refractivity contribution in [3.05, 3.63) is 34.8 Å². The Morgan fingerprint density at radius 2 is 2.29 bits per heavy atom. The molecule has 4 nitrogen and oxygen atoms in total. The van der Waals surface area contributed by atoms with Crippen LogP contribution in [0.25, 0.3) is 10.6 Å². The summed E-state index contributed by atoms with van der Waals surface area (Å²) in [4.78, 5) is 1.38. The minimum atomic E-state index is 0.452. The average molecular weight is 318 g/mol. The number of thioether (sulfide) groups is 1. The highest BCUT2D eigenvalue weighted by molar-refractivity contribution is 7.99. The summed E-state index contributed by atoms with van der Waals surface area (Å²) in [6.07, 6.45) is 3.54. The van der Waals surface area contributed by atoms with Crippen molar-refractivity contribution in [3.63, 3.8) is 0 Å². The second kappa shape index (κ2) is 5.12. The maximum atomic E-state index is 5.87. The molecule has 0 saturated carbocycles. The molecule has 0 atom stereocenters. The Kier molecular flexibility index (Phi) is 3.24. The van der Waals surface area contributed by atoms with E-state index in [0.29, 0.717) is 6.67 Å². The van der Waals surface area contributed by atoms with Crippen LogP contribution in [0.4, 0.5) is 11.5 Å². The summed E-state index contributed by atoms with van der Waals surface area (Å²) in [5, 5.41) is 3.27. The monoisotopic (exact) mass is 318 g/mol. The predicted octanol–water partition coefficient (Wildman–Crippen LogP) is 3.43. The van der Waals surface area contributed by atoms with Gasteiger partial charge in [-0.25, -0.2) is 0 Å². The van der Waals surface area contributed by atoms with E-state index < -0.39 is 0 Å². The third kappa shape index (κ3) is 2.09. The van der Waals surface area contributed by atoms with Crippen LogP contribution in [0, 0.1) is 6.92 Å². The van der Waals surface area contributed by atoms with Gasteiger partial charge < -0.3 is 5.73 Å². The maximum Gasteiger partial charge on any atom is 0.134 e. The van der Waals surface area contributed by atoms with Gasteiger partial charge in [-0.05, 0) is 42.9 Å². The molecular formula is C15H18N4S2. The van der Waals surface area contributed by atoms with E-state index in [1.807, 2.05) is 28.1 Å². The number of hydrogen-bond donors (Lipinski definition) is 2. The molecule has 0 aliphatic carbocycles. The lowest BCUT2D eigenvalue weighted by Crippen LogP contribution is -2.39. The molecule has 6 heteroatoms. The zero-order valence-electron chi connectivity index (χ0n) is 11.9. The van der Waals surface area contributed by atoms with E-state index in [1.165, 1.54) is 33.3 Å². The first-order valence-electron chi connectivity index (χ1n) is 7.12. The second-order valence-electron chi connectivity index (χ2n) is 5.27. The van der Waals surface area contributed by atoms with Gasteiger partial charge in [0.05, 0.1) is 12.4 Å². The van der Waals surface area contributed by atoms with Crippen LogP contribution in [0.5, 0.6) is 0 Å². The summed E-state index contributed by atoms with van der Waals surface area (Å²) >= 11 is 3.88. The minimum Gasteiger partial charge on any atom is -0.312 e. The molecule has 0 aromatic carbocycles. The van der Waals surface area contributed by atoms with Crippen molar-refractivity contribution in [1.29, 1.82) is 0 Å². The topological polar surface area (TPSA) is 46.2 Å². The molecule has 0 spiro atoms. The smallest absolute Gasteiger partial charge is 0.134 e. The number of hydrogen-bond acceptors (Lipinski definition) is 5. The Balaban J connectivity index is 1.82. The molecule has 21 heavy (non-hydrogen) atoms. The van der Waals surface area contributed by atoms with Crippen LogP contribution >= 0.6 is 23.1 Å².